The molecule has 1 heterocycles. The van der Waals surface area contributed by atoms with Crippen molar-refractivity contribution in [3.63, 3.8) is 0 Å². The second-order valence-corrected chi connectivity index (χ2v) is 8.16. The molecule has 1 aliphatic carbocycles. The summed E-state index contributed by atoms with van der Waals surface area (Å²) in [6, 6.07) is 5.26. The van der Waals surface area contributed by atoms with Crippen molar-refractivity contribution in [2.24, 2.45) is 17.6 Å². The molecule has 1 aliphatic heterocycles. The monoisotopic (exact) mass is 350 g/mol. The van der Waals surface area contributed by atoms with Crippen LogP contribution in [0.25, 0.3) is 0 Å². The molecule has 118 valence electrons. The molecule has 3 rings (SSSR count). The van der Waals surface area contributed by atoms with Crippen molar-refractivity contribution in [3.8, 4) is 0 Å². The van der Waals surface area contributed by atoms with E-state index in [2.05, 4.69) is 0 Å². The highest BCUT2D eigenvalue weighted by molar-refractivity contribution is 7.89. The second kappa shape index (κ2) is 6.05. The summed E-state index contributed by atoms with van der Waals surface area (Å²) < 4.78 is 27.0. The number of hydrogen-bond acceptors (Lipinski definition) is 3. The molecule has 2 N–H and O–H groups in total. The van der Waals surface area contributed by atoms with Gasteiger partial charge in [0.2, 0.25) is 10.0 Å². The van der Waals surface area contributed by atoms with Gasteiger partial charge in [-0.25, -0.2) is 8.42 Å². The highest BCUT2D eigenvalue weighted by atomic mass is 35.5. The number of sulfonamides is 1. The maximum Gasteiger partial charge on any atom is 0.244 e. The summed E-state index contributed by atoms with van der Waals surface area (Å²) in [4.78, 5) is 0.215. The quantitative estimate of drug-likeness (QED) is 0.890. The lowest BCUT2D eigenvalue weighted by Gasteiger charge is -2.19. The van der Waals surface area contributed by atoms with Gasteiger partial charge in [-0.1, -0.05) is 23.7 Å². The van der Waals surface area contributed by atoms with E-state index in [9.17, 15) is 8.42 Å². The standard InChI is InChI=1S/C14H19ClN2O2S.ClH/c1-9-3-2-4-13(14(9)15)20(18,19)17-7-10-5-6-12(16)11(10)8-17;/h2-4,10-12H,5-8,16H2,1H3;1H. The number of hydrogen-bond donors (Lipinski definition) is 1. The third kappa shape index (κ3) is 2.82. The minimum atomic E-state index is -3.51. The van der Waals surface area contributed by atoms with Crippen LogP contribution in [0.5, 0.6) is 0 Å². The number of fused-ring (bicyclic) bond motifs is 1. The summed E-state index contributed by atoms with van der Waals surface area (Å²) in [5.41, 5.74) is 6.85. The molecule has 1 aromatic rings. The molecule has 0 aromatic heterocycles. The Morgan fingerprint density at radius 1 is 1.29 bits per heavy atom. The first kappa shape index (κ1) is 17.0. The van der Waals surface area contributed by atoms with Gasteiger partial charge in [0, 0.05) is 19.1 Å². The Labute approximate surface area is 137 Å². The molecule has 2 aliphatic rings. The molecule has 1 saturated carbocycles. The average molecular weight is 351 g/mol. The zero-order valence-electron chi connectivity index (χ0n) is 11.8. The van der Waals surface area contributed by atoms with Gasteiger partial charge in [0.15, 0.2) is 0 Å². The maximum absolute atomic E-state index is 12.7. The molecule has 1 aromatic carbocycles. The van der Waals surface area contributed by atoms with Crippen molar-refractivity contribution in [2.75, 3.05) is 13.1 Å². The van der Waals surface area contributed by atoms with Gasteiger partial charge in [0.25, 0.3) is 0 Å². The molecule has 7 heteroatoms. The van der Waals surface area contributed by atoms with Crippen molar-refractivity contribution < 1.29 is 8.42 Å². The van der Waals surface area contributed by atoms with E-state index in [0.717, 1.165) is 18.4 Å². The van der Waals surface area contributed by atoms with Crippen LogP contribution >= 0.6 is 24.0 Å². The van der Waals surface area contributed by atoms with Gasteiger partial charge in [0.05, 0.1) is 5.02 Å². The average Bonchev–Trinajstić information content (AvgIpc) is 2.96. The summed E-state index contributed by atoms with van der Waals surface area (Å²) in [7, 11) is -3.51. The van der Waals surface area contributed by atoms with E-state index in [4.69, 9.17) is 17.3 Å². The normalized spacial score (nSPS) is 29.2. The Bertz CT molecular complexity index is 636. The van der Waals surface area contributed by atoms with Crippen molar-refractivity contribution in [2.45, 2.75) is 30.7 Å². The fourth-order valence-corrected chi connectivity index (χ4v) is 5.51. The van der Waals surface area contributed by atoms with Gasteiger partial charge < -0.3 is 5.73 Å². The van der Waals surface area contributed by atoms with Crippen LogP contribution in [0.1, 0.15) is 18.4 Å². The van der Waals surface area contributed by atoms with Crippen LogP contribution in [0.15, 0.2) is 23.1 Å². The summed E-state index contributed by atoms with van der Waals surface area (Å²) >= 11 is 6.17. The predicted molar refractivity (Wildman–Crippen MR) is 86.4 cm³/mol. The first-order valence-electron chi connectivity index (χ1n) is 6.92. The lowest BCUT2D eigenvalue weighted by atomic mass is 9.98. The highest BCUT2D eigenvalue weighted by Gasteiger charge is 2.45. The largest absolute Gasteiger partial charge is 0.327 e. The summed E-state index contributed by atoms with van der Waals surface area (Å²) in [5.74, 6) is 0.705. The molecule has 3 atom stereocenters. The Hall–Kier alpha value is -0.330. The Kier molecular flexibility index (Phi) is 4.90. The van der Waals surface area contributed by atoms with E-state index >= 15 is 0 Å². The van der Waals surface area contributed by atoms with Crippen LogP contribution < -0.4 is 5.73 Å². The summed E-state index contributed by atoms with van der Waals surface area (Å²) in [6.45, 7) is 2.92. The van der Waals surface area contributed by atoms with Crippen molar-refractivity contribution in [1.29, 1.82) is 0 Å². The van der Waals surface area contributed by atoms with Gasteiger partial charge >= 0.3 is 0 Å². The summed E-state index contributed by atoms with van der Waals surface area (Å²) in [5, 5.41) is 0.328. The SMILES string of the molecule is Cc1cccc(S(=O)(=O)N2CC3CCC(N)C3C2)c1Cl.Cl. The third-order valence-corrected chi connectivity index (χ3v) is 7.14. The van der Waals surface area contributed by atoms with Crippen LogP contribution in [-0.2, 0) is 10.0 Å². The molecule has 0 spiro atoms. The second-order valence-electron chi connectivity index (χ2n) is 5.87. The van der Waals surface area contributed by atoms with Gasteiger partial charge in [-0.15, -0.1) is 12.4 Å². The van der Waals surface area contributed by atoms with Gasteiger partial charge in [-0.2, -0.15) is 4.31 Å². The van der Waals surface area contributed by atoms with E-state index < -0.39 is 10.0 Å². The van der Waals surface area contributed by atoms with E-state index in [1.165, 1.54) is 0 Å². The Morgan fingerprint density at radius 2 is 2.00 bits per heavy atom. The summed E-state index contributed by atoms with van der Waals surface area (Å²) in [6.07, 6.45) is 2.04. The van der Waals surface area contributed by atoms with E-state index in [1.807, 2.05) is 13.0 Å². The molecule has 2 fully saturated rings. The van der Waals surface area contributed by atoms with E-state index in [-0.39, 0.29) is 23.3 Å². The van der Waals surface area contributed by atoms with Crippen LogP contribution in [-0.4, -0.2) is 31.9 Å². The number of aryl methyl sites for hydroxylation is 1. The predicted octanol–water partition coefficient (Wildman–Crippen LogP) is 2.43. The van der Waals surface area contributed by atoms with Crippen molar-refractivity contribution >= 4 is 34.0 Å². The van der Waals surface area contributed by atoms with Gasteiger partial charge in [-0.3, -0.25) is 0 Å². The fourth-order valence-electron chi connectivity index (χ4n) is 3.42. The minimum Gasteiger partial charge on any atom is -0.327 e. The molecule has 21 heavy (non-hydrogen) atoms. The van der Waals surface area contributed by atoms with Crippen LogP contribution in [0, 0.1) is 18.8 Å². The first-order chi connectivity index (χ1) is 9.41. The van der Waals surface area contributed by atoms with Crippen molar-refractivity contribution in [3.05, 3.63) is 28.8 Å². The minimum absolute atomic E-state index is 0. The number of nitrogens with zero attached hydrogens (tertiary/aromatic N) is 1. The number of rotatable bonds is 2. The van der Waals surface area contributed by atoms with Crippen LogP contribution in [0.3, 0.4) is 0 Å². The zero-order valence-corrected chi connectivity index (χ0v) is 14.2. The number of benzene rings is 1. The maximum atomic E-state index is 12.7. The molecular formula is C14H20Cl2N2O2S. The number of halogens is 2. The smallest absolute Gasteiger partial charge is 0.244 e. The molecule has 1 saturated heterocycles. The third-order valence-electron chi connectivity index (χ3n) is 4.65. The molecule has 0 bridgehead atoms. The Balaban J connectivity index is 0.00000161. The zero-order chi connectivity index (χ0) is 14.5. The fraction of sp³-hybridized carbons (Fsp3) is 0.571. The molecule has 4 nitrogen and oxygen atoms in total. The van der Waals surface area contributed by atoms with Crippen molar-refractivity contribution in [1.82, 2.24) is 4.31 Å². The van der Waals surface area contributed by atoms with E-state index in [1.54, 1.807) is 16.4 Å². The molecule has 0 amide bonds. The van der Waals surface area contributed by atoms with Crippen LogP contribution in [0.4, 0.5) is 0 Å². The molecule has 0 radical (unpaired) electrons. The van der Waals surface area contributed by atoms with Crippen LogP contribution in [0.2, 0.25) is 5.02 Å². The van der Waals surface area contributed by atoms with Gasteiger partial charge in [0.1, 0.15) is 4.90 Å². The van der Waals surface area contributed by atoms with Gasteiger partial charge in [-0.05, 0) is 43.2 Å². The highest BCUT2D eigenvalue weighted by Crippen LogP contribution is 2.40. The topological polar surface area (TPSA) is 63.4 Å². The number of nitrogens with two attached hydrogens (primary N) is 1. The molecule has 3 unspecified atom stereocenters. The lowest BCUT2D eigenvalue weighted by Crippen LogP contribution is -2.33. The molecular weight excluding hydrogens is 331 g/mol. The first-order valence-corrected chi connectivity index (χ1v) is 8.74. The van der Waals surface area contributed by atoms with E-state index in [0.29, 0.717) is 29.9 Å². The Morgan fingerprint density at radius 3 is 2.67 bits per heavy atom. The lowest BCUT2D eigenvalue weighted by molar-refractivity contribution is 0.427.